The van der Waals surface area contributed by atoms with Gasteiger partial charge in [0, 0.05) is 17.8 Å². The van der Waals surface area contributed by atoms with Crippen LogP contribution in [0.3, 0.4) is 0 Å². The highest BCUT2D eigenvalue weighted by atomic mass is 32.1. The molecule has 2 nitrogen and oxygen atoms in total. The van der Waals surface area contributed by atoms with E-state index in [9.17, 15) is 0 Å². The van der Waals surface area contributed by atoms with Crippen molar-refractivity contribution in [2.24, 2.45) is 0 Å². The summed E-state index contributed by atoms with van der Waals surface area (Å²) in [6.45, 7) is 2.05. The molecule has 0 radical (unpaired) electrons. The van der Waals surface area contributed by atoms with Crippen molar-refractivity contribution in [1.82, 2.24) is 8.96 Å². The second kappa shape index (κ2) is 2.27. The standard InChI is InChI=1S/C8H8N2S/c1-6-5-10(11)8-7(6)3-2-4-9-8/h2-5,11H,1H3. The molecule has 0 saturated heterocycles. The Balaban J connectivity index is 2.95. The van der Waals surface area contributed by atoms with E-state index in [2.05, 4.69) is 24.7 Å². The lowest BCUT2D eigenvalue weighted by Crippen LogP contribution is -1.78. The molecule has 0 aliphatic heterocycles. The van der Waals surface area contributed by atoms with Gasteiger partial charge in [0.2, 0.25) is 0 Å². The molecule has 2 aromatic rings. The van der Waals surface area contributed by atoms with Crippen LogP contribution in [-0.4, -0.2) is 8.96 Å². The third-order valence-electron chi connectivity index (χ3n) is 1.74. The molecule has 0 amide bonds. The van der Waals surface area contributed by atoms with Crippen LogP contribution < -0.4 is 0 Å². The number of hydrogen-bond acceptors (Lipinski definition) is 2. The lowest BCUT2D eigenvalue weighted by Gasteiger charge is -1.90. The van der Waals surface area contributed by atoms with Gasteiger partial charge in [-0.05, 0) is 24.6 Å². The molecule has 0 atom stereocenters. The summed E-state index contributed by atoms with van der Waals surface area (Å²) in [7, 11) is 0. The fourth-order valence-electron chi connectivity index (χ4n) is 1.20. The molecular formula is C8H8N2S. The highest BCUT2D eigenvalue weighted by Gasteiger charge is 2.01. The van der Waals surface area contributed by atoms with E-state index < -0.39 is 0 Å². The maximum atomic E-state index is 4.23. The van der Waals surface area contributed by atoms with Crippen molar-refractivity contribution in [3.05, 3.63) is 30.1 Å². The molecule has 0 N–H and O–H groups in total. The predicted octanol–water partition coefficient (Wildman–Crippen LogP) is 2.04. The number of nitrogens with zero attached hydrogens (tertiary/aromatic N) is 2. The Labute approximate surface area is 70.4 Å². The Kier molecular flexibility index (Phi) is 1.39. The van der Waals surface area contributed by atoms with Gasteiger partial charge in [0.15, 0.2) is 0 Å². The van der Waals surface area contributed by atoms with Gasteiger partial charge in [-0.1, -0.05) is 12.8 Å². The van der Waals surface area contributed by atoms with Crippen LogP contribution in [0.25, 0.3) is 11.0 Å². The van der Waals surface area contributed by atoms with Crippen molar-refractivity contribution in [1.29, 1.82) is 0 Å². The van der Waals surface area contributed by atoms with E-state index in [0.717, 1.165) is 5.65 Å². The Morgan fingerprint density at radius 1 is 1.55 bits per heavy atom. The number of thiol groups is 1. The fourth-order valence-corrected chi connectivity index (χ4v) is 1.53. The smallest absolute Gasteiger partial charge is 0.149 e. The molecule has 3 heteroatoms. The van der Waals surface area contributed by atoms with Gasteiger partial charge in [-0.2, -0.15) is 0 Å². The zero-order chi connectivity index (χ0) is 7.84. The van der Waals surface area contributed by atoms with Crippen molar-refractivity contribution in [2.45, 2.75) is 6.92 Å². The van der Waals surface area contributed by atoms with Crippen molar-refractivity contribution < 1.29 is 0 Å². The van der Waals surface area contributed by atoms with Gasteiger partial charge in [0.25, 0.3) is 0 Å². The summed E-state index contributed by atoms with van der Waals surface area (Å²) in [6, 6.07) is 3.98. The van der Waals surface area contributed by atoms with Crippen molar-refractivity contribution in [3.63, 3.8) is 0 Å². The number of hydrogen-bond donors (Lipinski definition) is 1. The summed E-state index contributed by atoms with van der Waals surface area (Å²) < 4.78 is 1.74. The first-order valence-corrected chi connectivity index (χ1v) is 3.81. The summed E-state index contributed by atoms with van der Waals surface area (Å²) in [6.07, 6.45) is 3.73. The van der Waals surface area contributed by atoms with Crippen LogP contribution in [0.4, 0.5) is 0 Å². The maximum Gasteiger partial charge on any atom is 0.149 e. The first-order valence-electron chi connectivity index (χ1n) is 3.41. The molecule has 2 heterocycles. The minimum absolute atomic E-state index is 0.924. The maximum absolute atomic E-state index is 4.23. The molecule has 0 aromatic carbocycles. The molecule has 0 saturated carbocycles. The number of pyridine rings is 1. The predicted molar refractivity (Wildman–Crippen MR) is 48.9 cm³/mol. The van der Waals surface area contributed by atoms with Crippen molar-refractivity contribution >= 4 is 23.8 Å². The van der Waals surface area contributed by atoms with Gasteiger partial charge in [0.05, 0.1) is 0 Å². The van der Waals surface area contributed by atoms with E-state index in [0.29, 0.717) is 0 Å². The molecule has 0 unspecified atom stereocenters. The Bertz CT molecular complexity index is 356. The minimum atomic E-state index is 0.924. The Morgan fingerprint density at radius 2 is 2.36 bits per heavy atom. The van der Waals surface area contributed by atoms with E-state index in [4.69, 9.17) is 0 Å². The molecule has 56 valence electrons. The normalized spacial score (nSPS) is 10.7. The lowest BCUT2D eigenvalue weighted by molar-refractivity contribution is 1.26. The van der Waals surface area contributed by atoms with Crippen LogP contribution in [0.15, 0.2) is 24.5 Å². The average Bonchev–Trinajstić information content (AvgIpc) is 2.30. The molecule has 2 aromatic heterocycles. The minimum Gasteiger partial charge on any atom is -0.278 e. The monoisotopic (exact) mass is 164 g/mol. The second-order valence-electron chi connectivity index (χ2n) is 2.53. The van der Waals surface area contributed by atoms with Crippen molar-refractivity contribution in [2.75, 3.05) is 0 Å². The van der Waals surface area contributed by atoms with Gasteiger partial charge in [-0.25, -0.2) is 4.98 Å². The number of rotatable bonds is 0. The summed E-state index contributed by atoms with van der Waals surface area (Å²) in [5.41, 5.74) is 2.14. The van der Waals surface area contributed by atoms with E-state index in [1.165, 1.54) is 10.9 Å². The van der Waals surface area contributed by atoms with Gasteiger partial charge in [0.1, 0.15) is 5.65 Å². The molecule has 11 heavy (non-hydrogen) atoms. The summed E-state index contributed by atoms with van der Waals surface area (Å²) >= 11 is 4.23. The molecule has 0 aliphatic rings. The zero-order valence-corrected chi connectivity index (χ0v) is 7.05. The van der Waals surface area contributed by atoms with E-state index in [1.807, 2.05) is 18.3 Å². The van der Waals surface area contributed by atoms with Gasteiger partial charge in [-0.3, -0.25) is 3.97 Å². The topological polar surface area (TPSA) is 17.8 Å². The average molecular weight is 164 g/mol. The molecule has 0 aliphatic carbocycles. The third kappa shape index (κ3) is 0.922. The number of aryl methyl sites for hydroxylation is 1. The zero-order valence-electron chi connectivity index (χ0n) is 6.15. The van der Waals surface area contributed by atoms with Crippen LogP contribution >= 0.6 is 12.8 Å². The van der Waals surface area contributed by atoms with Crippen LogP contribution in [0.2, 0.25) is 0 Å². The summed E-state index contributed by atoms with van der Waals surface area (Å²) in [5, 5.41) is 1.17. The van der Waals surface area contributed by atoms with Crippen LogP contribution in [0.1, 0.15) is 5.56 Å². The SMILES string of the molecule is Cc1cn(S)c2ncccc12. The fraction of sp³-hybridized carbons (Fsp3) is 0.125. The quantitative estimate of drug-likeness (QED) is 0.590. The largest absolute Gasteiger partial charge is 0.278 e. The Morgan fingerprint density at radius 3 is 3.09 bits per heavy atom. The van der Waals surface area contributed by atoms with Gasteiger partial charge in [-0.15, -0.1) is 0 Å². The Hall–Kier alpha value is -0.960. The lowest BCUT2D eigenvalue weighted by atomic mass is 10.2. The third-order valence-corrected chi connectivity index (χ3v) is 2.05. The second-order valence-corrected chi connectivity index (χ2v) is 2.96. The highest BCUT2D eigenvalue weighted by Crippen LogP contribution is 2.18. The highest BCUT2D eigenvalue weighted by molar-refractivity contribution is 7.78. The summed E-state index contributed by atoms with van der Waals surface area (Å²) in [4.78, 5) is 4.19. The molecule has 2 rings (SSSR count). The van der Waals surface area contributed by atoms with E-state index in [-0.39, 0.29) is 0 Å². The first kappa shape index (κ1) is 6.73. The van der Waals surface area contributed by atoms with E-state index in [1.54, 1.807) is 10.2 Å². The molecule has 0 fully saturated rings. The van der Waals surface area contributed by atoms with Crippen LogP contribution in [0.5, 0.6) is 0 Å². The van der Waals surface area contributed by atoms with Gasteiger partial charge < -0.3 is 0 Å². The van der Waals surface area contributed by atoms with Crippen LogP contribution in [-0.2, 0) is 0 Å². The summed E-state index contributed by atoms with van der Waals surface area (Å²) in [5.74, 6) is 0. The number of aromatic nitrogens is 2. The van der Waals surface area contributed by atoms with Crippen molar-refractivity contribution in [3.8, 4) is 0 Å². The molecular weight excluding hydrogens is 156 g/mol. The van der Waals surface area contributed by atoms with E-state index >= 15 is 0 Å². The first-order chi connectivity index (χ1) is 5.29. The molecule has 0 spiro atoms. The van der Waals surface area contributed by atoms with Gasteiger partial charge >= 0.3 is 0 Å². The van der Waals surface area contributed by atoms with Crippen LogP contribution in [0, 0.1) is 6.92 Å². The molecule has 0 bridgehead atoms. The number of fused-ring (bicyclic) bond motifs is 1.